The zero-order valence-corrected chi connectivity index (χ0v) is 17.4. The van der Waals surface area contributed by atoms with E-state index in [0.29, 0.717) is 12.2 Å². The summed E-state index contributed by atoms with van der Waals surface area (Å²) in [6.07, 6.45) is 17.9. The van der Waals surface area contributed by atoms with E-state index in [4.69, 9.17) is 4.74 Å². The second-order valence-corrected chi connectivity index (χ2v) is 7.62. The quantitative estimate of drug-likeness (QED) is 0.223. The summed E-state index contributed by atoms with van der Waals surface area (Å²) >= 11 is 0. The molecule has 1 rings (SSSR count). The third kappa shape index (κ3) is 9.99. The second-order valence-electron chi connectivity index (χ2n) is 7.62. The normalized spacial score (nSPS) is 10.9. The van der Waals surface area contributed by atoms with Crippen molar-refractivity contribution in [1.82, 2.24) is 0 Å². The Bertz CT molecular complexity index is 493. The molecule has 0 heterocycles. The maximum Gasteiger partial charge on any atom is 0.166 e. The average Bonchev–Trinajstić information content (AvgIpc) is 2.65. The van der Waals surface area contributed by atoms with E-state index in [1.165, 1.54) is 70.6 Å². The maximum atomic E-state index is 12.4. The first kappa shape index (κ1) is 22.7. The predicted octanol–water partition coefficient (Wildman–Crippen LogP) is 7.67. The molecule has 0 atom stereocenters. The Morgan fingerprint density at radius 3 is 1.81 bits per heavy atom. The van der Waals surface area contributed by atoms with Crippen molar-refractivity contribution in [3.05, 3.63) is 29.3 Å². The number of Topliss-reactive ketones (excluding diaryl/α,β-unsaturated/α-hetero) is 1. The fraction of sp³-hybridized carbons (Fsp3) is 0.708. The molecule has 148 valence electrons. The number of unbranched alkanes of at least 4 members (excludes halogenated alkanes) is 12. The van der Waals surface area contributed by atoms with Crippen LogP contribution < -0.4 is 4.74 Å². The van der Waals surface area contributed by atoms with Crippen molar-refractivity contribution < 1.29 is 9.53 Å². The minimum absolute atomic E-state index is 0.216. The van der Waals surface area contributed by atoms with Crippen LogP contribution in [0.2, 0.25) is 0 Å². The van der Waals surface area contributed by atoms with Gasteiger partial charge in [0.05, 0.1) is 12.7 Å². The zero-order valence-electron chi connectivity index (χ0n) is 17.4. The number of hydrogen-bond acceptors (Lipinski definition) is 2. The molecule has 2 heteroatoms. The van der Waals surface area contributed by atoms with Gasteiger partial charge >= 0.3 is 0 Å². The van der Waals surface area contributed by atoms with Crippen LogP contribution in [0.15, 0.2) is 18.2 Å². The Morgan fingerprint density at radius 2 is 1.31 bits per heavy atom. The van der Waals surface area contributed by atoms with Gasteiger partial charge < -0.3 is 4.74 Å². The average molecular weight is 361 g/mol. The van der Waals surface area contributed by atoms with Gasteiger partial charge in [-0.2, -0.15) is 0 Å². The first-order chi connectivity index (χ1) is 12.7. The molecular formula is C24H40O2. The lowest BCUT2D eigenvalue weighted by molar-refractivity contribution is 0.0976. The molecule has 1 aromatic rings. The lowest BCUT2D eigenvalue weighted by Gasteiger charge is -2.08. The fourth-order valence-corrected chi connectivity index (χ4v) is 3.48. The van der Waals surface area contributed by atoms with E-state index in [-0.39, 0.29) is 5.78 Å². The summed E-state index contributed by atoms with van der Waals surface area (Å²) in [6, 6.07) is 5.83. The summed E-state index contributed by atoms with van der Waals surface area (Å²) in [4.78, 5) is 12.4. The van der Waals surface area contributed by atoms with Gasteiger partial charge in [0.15, 0.2) is 5.78 Å². The molecule has 0 bridgehead atoms. The minimum Gasteiger partial charge on any atom is -0.496 e. The maximum absolute atomic E-state index is 12.4. The van der Waals surface area contributed by atoms with Crippen LogP contribution in [0.1, 0.15) is 113 Å². The number of hydrogen-bond donors (Lipinski definition) is 0. The molecule has 0 N–H and O–H groups in total. The number of carbonyl (C=O) groups is 1. The van der Waals surface area contributed by atoms with E-state index >= 15 is 0 Å². The summed E-state index contributed by atoms with van der Waals surface area (Å²) in [6.45, 7) is 4.29. The highest BCUT2D eigenvalue weighted by atomic mass is 16.5. The Labute approximate surface area is 161 Å². The number of benzene rings is 1. The molecule has 0 saturated heterocycles. The van der Waals surface area contributed by atoms with Crippen molar-refractivity contribution in [3.63, 3.8) is 0 Å². The molecule has 0 aromatic heterocycles. The molecule has 2 nitrogen and oxygen atoms in total. The number of aryl methyl sites for hydroxylation is 1. The van der Waals surface area contributed by atoms with Crippen LogP contribution in [0.25, 0.3) is 0 Å². The summed E-state index contributed by atoms with van der Waals surface area (Å²) < 4.78 is 5.32. The van der Waals surface area contributed by atoms with Crippen molar-refractivity contribution in [1.29, 1.82) is 0 Å². The number of ketones is 1. The molecule has 0 aliphatic heterocycles. The first-order valence-electron chi connectivity index (χ1n) is 10.9. The van der Waals surface area contributed by atoms with Crippen LogP contribution in [0.4, 0.5) is 0 Å². The standard InChI is InChI=1S/C24H40O2/c1-4-5-6-7-8-9-10-11-12-13-14-15-16-17-23(25)22-20-21(2)18-19-24(22)26-3/h18-20H,4-17H2,1-3H3. The van der Waals surface area contributed by atoms with E-state index in [1.54, 1.807) is 7.11 Å². The van der Waals surface area contributed by atoms with Gasteiger partial charge in [0, 0.05) is 6.42 Å². The van der Waals surface area contributed by atoms with E-state index in [0.717, 1.165) is 24.0 Å². The first-order valence-corrected chi connectivity index (χ1v) is 10.9. The summed E-state index contributed by atoms with van der Waals surface area (Å²) in [7, 11) is 1.63. The van der Waals surface area contributed by atoms with Crippen molar-refractivity contribution in [2.75, 3.05) is 7.11 Å². The smallest absolute Gasteiger partial charge is 0.166 e. The fourth-order valence-electron chi connectivity index (χ4n) is 3.48. The van der Waals surface area contributed by atoms with Gasteiger partial charge in [0.1, 0.15) is 5.75 Å². The Morgan fingerprint density at radius 1 is 0.808 bits per heavy atom. The zero-order chi connectivity index (χ0) is 19.0. The third-order valence-corrected chi connectivity index (χ3v) is 5.16. The molecule has 0 radical (unpaired) electrons. The van der Waals surface area contributed by atoms with Gasteiger partial charge in [-0.3, -0.25) is 4.79 Å². The van der Waals surface area contributed by atoms with Crippen molar-refractivity contribution in [2.45, 2.75) is 104 Å². The largest absolute Gasteiger partial charge is 0.496 e. The number of rotatable bonds is 16. The van der Waals surface area contributed by atoms with Crippen molar-refractivity contribution in [2.24, 2.45) is 0 Å². The van der Waals surface area contributed by atoms with Gasteiger partial charge in [-0.15, -0.1) is 0 Å². The van der Waals surface area contributed by atoms with E-state index in [1.807, 2.05) is 25.1 Å². The topological polar surface area (TPSA) is 26.3 Å². The molecular weight excluding hydrogens is 320 g/mol. The monoisotopic (exact) mass is 360 g/mol. The van der Waals surface area contributed by atoms with Crippen molar-refractivity contribution in [3.8, 4) is 5.75 Å². The molecule has 0 amide bonds. The van der Waals surface area contributed by atoms with Crippen LogP contribution in [-0.4, -0.2) is 12.9 Å². The number of methoxy groups -OCH3 is 1. The number of ether oxygens (including phenoxy) is 1. The van der Waals surface area contributed by atoms with E-state index in [9.17, 15) is 4.79 Å². The van der Waals surface area contributed by atoms with Gasteiger partial charge in [-0.1, -0.05) is 95.6 Å². The number of carbonyl (C=O) groups excluding carboxylic acids is 1. The second kappa shape index (κ2) is 14.8. The SMILES string of the molecule is CCCCCCCCCCCCCCCC(=O)c1cc(C)ccc1OC. The lowest BCUT2D eigenvalue weighted by atomic mass is 10.0. The predicted molar refractivity (Wildman–Crippen MR) is 112 cm³/mol. The highest BCUT2D eigenvalue weighted by Gasteiger charge is 2.11. The van der Waals surface area contributed by atoms with Crippen molar-refractivity contribution >= 4 is 5.78 Å². The van der Waals surface area contributed by atoms with Crippen LogP contribution in [0.5, 0.6) is 5.75 Å². The van der Waals surface area contributed by atoms with E-state index < -0.39 is 0 Å². The highest BCUT2D eigenvalue weighted by molar-refractivity contribution is 5.98. The van der Waals surface area contributed by atoms with Gasteiger partial charge in [-0.05, 0) is 25.5 Å². The van der Waals surface area contributed by atoms with Crippen LogP contribution in [-0.2, 0) is 0 Å². The van der Waals surface area contributed by atoms with Crippen LogP contribution in [0, 0.1) is 6.92 Å². The summed E-state index contributed by atoms with van der Waals surface area (Å²) in [5, 5.41) is 0. The molecule has 0 spiro atoms. The Balaban J connectivity index is 2.01. The molecule has 0 fully saturated rings. The molecule has 0 unspecified atom stereocenters. The molecule has 1 aromatic carbocycles. The summed E-state index contributed by atoms with van der Waals surface area (Å²) in [5.74, 6) is 0.920. The lowest BCUT2D eigenvalue weighted by Crippen LogP contribution is -2.02. The Hall–Kier alpha value is -1.31. The minimum atomic E-state index is 0.216. The third-order valence-electron chi connectivity index (χ3n) is 5.16. The van der Waals surface area contributed by atoms with Gasteiger partial charge in [0.25, 0.3) is 0 Å². The molecule has 26 heavy (non-hydrogen) atoms. The van der Waals surface area contributed by atoms with Gasteiger partial charge in [0.2, 0.25) is 0 Å². The van der Waals surface area contributed by atoms with Crippen LogP contribution in [0.3, 0.4) is 0 Å². The molecule has 0 aliphatic rings. The summed E-state index contributed by atoms with van der Waals surface area (Å²) in [5.41, 5.74) is 1.85. The van der Waals surface area contributed by atoms with Gasteiger partial charge in [-0.25, -0.2) is 0 Å². The van der Waals surface area contributed by atoms with Crippen LogP contribution >= 0.6 is 0 Å². The van der Waals surface area contributed by atoms with E-state index in [2.05, 4.69) is 6.92 Å². The molecule has 0 aliphatic carbocycles. The Kier molecular flexibility index (Phi) is 13.0. The molecule has 0 saturated carbocycles. The highest BCUT2D eigenvalue weighted by Crippen LogP contribution is 2.22.